The Labute approximate surface area is 254 Å². The predicted molar refractivity (Wildman–Crippen MR) is 178 cm³/mol. The molecule has 4 aliphatic rings. The van der Waals surface area contributed by atoms with Crippen LogP contribution in [0.15, 0.2) is 163 Å². The van der Waals surface area contributed by atoms with Gasteiger partial charge in [-0.15, -0.1) is 0 Å². The summed E-state index contributed by atoms with van der Waals surface area (Å²) in [5.74, 6) is 0.490. The van der Waals surface area contributed by atoms with Gasteiger partial charge in [0.15, 0.2) is 0 Å². The third kappa shape index (κ3) is 4.86. The van der Waals surface area contributed by atoms with Crippen LogP contribution in [0.4, 0.5) is 5.69 Å². The standard InChI is InChI=1S/C40H35N3/c1-3-11-30(12-4-1)36-27-37(42-40(41-36)32-13-5-2-6-14-32)31-21-19-28(20-22-31)29-23-25-33(26-24-29)43-38-17-9-7-15-34(38)35-16-8-10-18-39(35)43/h1-9,11-14,16-17,19-27,34,36,40-42H,10,15,18H2. The summed E-state index contributed by atoms with van der Waals surface area (Å²) in [6, 6.07) is 39.5. The van der Waals surface area contributed by atoms with Crippen LogP contribution >= 0.6 is 0 Å². The van der Waals surface area contributed by atoms with Gasteiger partial charge in [0.2, 0.25) is 0 Å². The molecule has 4 aromatic carbocycles. The van der Waals surface area contributed by atoms with Crippen molar-refractivity contribution in [3.8, 4) is 11.1 Å². The summed E-state index contributed by atoms with van der Waals surface area (Å²) in [6.07, 6.45) is 17.2. The smallest absolute Gasteiger partial charge is 0.104 e. The summed E-state index contributed by atoms with van der Waals surface area (Å²) in [5.41, 5.74) is 12.9. The molecule has 2 aliphatic carbocycles. The Balaban J connectivity index is 1.06. The highest BCUT2D eigenvalue weighted by Gasteiger charge is 2.36. The fraction of sp³-hybridized carbons (Fsp3) is 0.150. The number of benzene rings is 4. The van der Waals surface area contributed by atoms with Gasteiger partial charge in [-0.05, 0) is 76.9 Å². The van der Waals surface area contributed by atoms with Crippen molar-refractivity contribution in [2.45, 2.75) is 31.5 Å². The second-order valence-electron chi connectivity index (χ2n) is 11.7. The van der Waals surface area contributed by atoms with Crippen LogP contribution in [-0.2, 0) is 0 Å². The van der Waals surface area contributed by atoms with E-state index in [1.165, 1.54) is 50.5 Å². The molecule has 43 heavy (non-hydrogen) atoms. The van der Waals surface area contributed by atoms with Crippen LogP contribution in [0.25, 0.3) is 16.8 Å². The number of nitrogens with zero attached hydrogens (tertiary/aromatic N) is 1. The molecule has 2 aliphatic heterocycles. The maximum atomic E-state index is 3.78. The van der Waals surface area contributed by atoms with Crippen LogP contribution in [0.3, 0.4) is 0 Å². The number of nitrogens with one attached hydrogen (secondary N) is 2. The first kappa shape index (κ1) is 25.8. The Morgan fingerprint density at radius 2 is 1.35 bits per heavy atom. The molecule has 3 atom stereocenters. The molecular weight excluding hydrogens is 522 g/mol. The molecule has 2 N–H and O–H groups in total. The van der Waals surface area contributed by atoms with Crippen molar-refractivity contribution in [2.75, 3.05) is 4.90 Å². The lowest BCUT2D eigenvalue weighted by molar-refractivity contribution is 0.442. The Kier molecular flexibility index (Phi) is 6.66. The number of fused-ring (bicyclic) bond motifs is 2. The summed E-state index contributed by atoms with van der Waals surface area (Å²) in [4.78, 5) is 2.52. The van der Waals surface area contributed by atoms with Crippen LogP contribution < -0.4 is 15.5 Å². The maximum Gasteiger partial charge on any atom is 0.104 e. The molecule has 3 unspecified atom stereocenters. The quantitative estimate of drug-likeness (QED) is 0.256. The zero-order chi connectivity index (χ0) is 28.6. The molecular formula is C40H35N3. The predicted octanol–water partition coefficient (Wildman–Crippen LogP) is 9.21. The van der Waals surface area contributed by atoms with Gasteiger partial charge in [-0.1, -0.05) is 121 Å². The molecule has 0 amide bonds. The monoisotopic (exact) mass is 557 g/mol. The van der Waals surface area contributed by atoms with E-state index in [4.69, 9.17) is 0 Å². The molecule has 210 valence electrons. The first-order chi connectivity index (χ1) is 21.3. The van der Waals surface area contributed by atoms with E-state index in [-0.39, 0.29) is 12.2 Å². The minimum Gasteiger partial charge on any atom is -0.366 e. The van der Waals surface area contributed by atoms with Gasteiger partial charge >= 0.3 is 0 Å². The zero-order valence-corrected chi connectivity index (χ0v) is 24.2. The Bertz CT molecular complexity index is 1770. The summed E-state index contributed by atoms with van der Waals surface area (Å²) in [7, 11) is 0. The minimum absolute atomic E-state index is 0.0221. The fourth-order valence-electron chi connectivity index (χ4n) is 6.97. The van der Waals surface area contributed by atoms with Gasteiger partial charge in [-0.2, -0.15) is 0 Å². The van der Waals surface area contributed by atoms with Crippen molar-refractivity contribution in [1.29, 1.82) is 0 Å². The second kappa shape index (κ2) is 11.1. The van der Waals surface area contributed by atoms with Gasteiger partial charge < -0.3 is 10.2 Å². The zero-order valence-electron chi connectivity index (χ0n) is 24.2. The summed E-state index contributed by atoms with van der Waals surface area (Å²) >= 11 is 0. The average molecular weight is 558 g/mol. The van der Waals surface area contributed by atoms with Crippen LogP contribution in [-0.4, -0.2) is 0 Å². The number of rotatable bonds is 5. The van der Waals surface area contributed by atoms with E-state index in [2.05, 4.69) is 161 Å². The van der Waals surface area contributed by atoms with Crippen LogP contribution in [0.1, 0.15) is 48.2 Å². The highest BCUT2D eigenvalue weighted by Crippen LogP contribution is 2.47. The molecule has 2 heterocycles. The van der Waals surface area contributed by atoms with Gasteiger partial charge in [0.05, 0.1) is 6.04 Å². The normalized spacial score (nSPS) is 22.4. The van der Waals surface area contributed by atoms with Crippen molar-refractivity contribution in [1.82, 2.24) is 10.6 Å². The molecule has 0 aromatic heterocycles. The highest BCUT2D eigenvalue weighted by molar-refractivity contribution is 5.74. The van der Waals surface area contributed by atoms with E-state index >= 15 is 0 Å². The van der Waals surface area contributed by atoms with Crippen LogP contribution in [0.2, 0.25) is 0 Å². The number of anilines is 1. The third-order valence-corrected chi connectivity index (χ3v) is 9.14. The topological polar surface area (TPSA) is 27.3 Å². The SMILES string of the molecule is C1=CCC2C(=C1)N(c1ccc(-c3ccc(C4=CC(c5ccccc5)NC(c5ccccc5)N4)cc3)cc1)C1=C2C=CCC1. The molecule has 3 heteroatoms. The van der Waals surface area contributed by atoms with E-state index < -0.39 is 0 Å². The molecule has 0 fully saturated rings. The van der Waals surface area contributed by atoms with Gasteiger partial charge in [-0.3, -0.25) is 5.32 Å². The van der Waals surface area contributed by atoms with Crippen molar-refractivity contribution < 1.29 is 0 Å². The van der Waals surface area contributed by atoms with E-state index in [9.17, 15) is 0 Å². The van der Waals surface area contributed by atoms with Gasteiger partial charge in [-0.25, -0.2) is 0 Å². The van der Waals surface area contributed by atoms with E-state index in [0.29, 0.717) is 5.92 Å². The van der Waals surface area contributed by atoms with Crippen molar-refractivity contribution in [3.63, 3.8) is 0 Å². The largest absolute Gasteiger partial charge is 0.366 e. The summed E-state index contributed by atoms with van der Waals surface area (Å²) in [6.45, 7) is 0. The number of allylic oxidation sites excluding steroid dienone is 7. The lowest BCUT2D eigenvalue weighted by Crippen LogP contribution is -2.39. The Morgan fingerprint density at radius 1 is 0.674 bits per heavy atom. The third-order valence-electron chi connectivity index (χ3n) is 9.14. The lowest BCUT2D eigenvalue weighted by Gasteiger charge is -2.33. The number of hydrogen-bond donors (Lipinski definition) is 2. The van der Waals surface area contributed by atoms with E-state index in [1.807, 2.05) is 0 Å². The highest BCUT2D eigenvalue weighted by atomic mass is 15.2. The Morgan fingerprint density at radius 3 is 2.09 bits per heavy atom. The molecule has 0 spiro atoms. The maximum absolute atomic E-state index is 3.78. The molecule has 0 saturated carbocycles. The molecule has 4 aromatic rings. The molecule has 0 bridgehead atoms. The Hall–Kier alpha value is -4.86. The average Bonchev–Trinajstić information content (AvgIpc) is 3.43. The summed E-state index contributed by atoms with van der Waals surface area (Å²) < 4.78 is 0. The van der Waals surface area contributed by atoms with E-state index in [0.717, 1.165) is 25.0 Å². The molecule has 0 radical (unpaired) electrons. The summed E-state index contributed by atoms with van der Waals surface area (Å²) in [5, 5.41) is 7.53. The number of hydrogen-bond acceptors (Lipinski definition) is 3. The lowest BCUT2D eigenvalue weighted by atomic mass is 9.89. The van der Waals surface area contributed by atoms with Crippen LogP contribution in [0, 0.1) is 5.92 Å². The van der Waals surface area contributed by atoms with Gasteiger partial charge in [0.25, 0.3) is 0 Å². The second-order valence-corrected chi connectivity index (χ2v) is 11.7. The fourth-order valence-corrected chi connectivity index (χ4v) is 6.97. The first-order valence-electron chi connectivity index (χ1n) is 15.4. The van der Waals surface area contributed by atoms with Crippen molar-refractivity contribution in [3.05, 3.63) is 179 Å². The molecule has 8 rings (SSSR count). The molecule has 3 nitrogen and oxygen atoms in total. The first-order valence-corrected chi connectivity index (χ1v) is 15.4. The minimum atomic E-state index is 0.0221. The van der Waals surface area contributed by atoms with Crippen LogP contribution in [0.5, 0.6) is 0 Å². The van der Waals surface area contributed by atoms with Crippen molar-refractivity contribution >= 4 is 11.4 Å². The molecule has 0 saturated heterocycles. The van der Waals surface area contributed by atoms with Gasteiger partial charge in [0.1, 0.15) is 6.17 Å². The van der Waals surface area contributed by atoms with Crippen molar-refractivity contribution in [2.24, 2.45) is 5.92 Å². The van der Waals surface area contributed by atoms with E-state index in [1.54, 1.807) is 0 Å². The van der Waals surface area contributed by atoms with Gasteiger partial charge in [0, 0.05) is 28.7 Å².